The lowest BCUT2D eigenvalue weighted by molar-refractivity contribution is 0.558. The number of nitrogens with two attached hydrogens (primary N) is 1. The molecular weight excluding hydrogens is 336 g/mol. The van der Waals surface area contributed by atoms with Crippen LogP contribution in [0, 0.1) is 0 Å². The first kappa shape index (κ1) is 17.9. The summed E-state index contributed by atoms with van der Waals surface area (Å²) < 4.78 is 48.8. The predicted molar refractivity (Wildman–Crippen MR) is 92.4 cm³/mol. The molecule has 2 rings (SSSR count). The maximum atomic E-state index is 12.1. The smallest absolute Gasteiger partial charge is 0.213 e. The van der Waals surface area contributed by atoms with Crippen LogP contribution in [0.2, 0.25) is 0 Å². The van der Waals surface area contributed by atoms with Crippen molar-refractivity contribution in [2.45, 2.75) is 6.04 Å². The van der Waals surface area contributed by atoms with Crippen LogP contribution in [0.4, 0.5) is 0 Å². The molecule has 23 heavy (non-hydrogen) atoms. The van der Waals surface area contributed by atoms with E-state index in [1.54, 1.807) is 0 Å². The van der Waals surface area contributed by atoms with Crippen molar-refractivity contribution in [3.8, 4) is 0 Å². The second kappa shape index (κ2) is 6.96. The van der Waals surface area contributed by atoms with E-state index >= 15 is 0 Å². The molecule has 0 aliphatic rings. The normalized spacial score (nSPS) is 14.0. The van der Waals surface area contributed by atoms with E-state index in [9.17, 15) is 16.8 Å². The third-order valence-corrected chi connectivity index (χ3v) is 6.05. The number of sulfonamides is 1. The molecule has 0 saturated heterocycles. The Morgan fingerprint density at radius 1 is 1.00 bits per heavy atom. The molecule has 8 heteroatoms. The van der Waals surface area contributed by atoms with Crippen molar-refractivity contribution in [1.82, 2.24) is 4.72 Å². The minimum absolute atomic E-state index is 0.0798. The molecule has 2 aromatic carbocycles. The fourth-order valence-electron chi connectivity index (χ4n) is 2.21. The Balaban J connectivity index is 2.21. The number of hydrogen-bond donors (Lipinski definition) is 2. The van der Waals surface area contributed by atoms with Crippen molar-refractivity contribution < 1.29 is 16.8 Å². The highest BCUT2D eigenvalue weighted by molar-refractivity contribution is 7.93. The summed E-state index contributed by atoms with van der Waals surface area (Å²) in [6, 6.07) is 12.7. The number of rotatable bonds is 7. The summed E-state index contributed by atoms with van der Waals surface area (Å²) in [4.78, 5) is 0. The quantitative estimate of drug-likeness (QED) is 0.763. The summed E-state index contributed by atoms with van der Waals surface area (Å²) in [5, 5.41) is 2.03. The molecule has 0 aromatic heterocycles. The maximum Gasteiger partial charge on any atom is 0.213 e. The molecule has 0 aliphatic heterocycles. The van der Waals surface area contributed by atoms with Gasteiger partial charge in [-0.05, 0) is 22.4 Å². The Morgan fingerprint density at radius 2 is 1.65 bits per heavy atom. The maximum absolute atomic E-state index is 12.1. The fraction of sp³-hybridized carbons (Fsp3) is 0.333. The van der Waals surface area contributed by atoms with E-state index in [-0.39, 0.29) is 6.54 Å². The van der Waals surface area contributed by atoms with Crippen LogP contribution in [0.1, 0.15) is 11.6 Å². The van der Waals surface area contributed by atoms with E-state index in [1.807, 2.05) is 42.5 Å². The topological polar surface area (TPSA) is 106 Å². The average molecular weight is 356 g/mol. The van der Waals surface area contributed by atoms with Crippen molar-refractivity contribution in [2.24, 2.45) is 5.73 Å². The van der Waals surface area contributed by atoms with Gasteiger partial charge in [-0.25, -0.2) is 21.6 Å². The Kier molecular flexibility index (Phi) is 5.41. The number of sulfone groups is 1. The van der Waals surface area contributed by atoms with Gasteiger partial charge in [0.15, 0.2) is 0 Å². The van der Waals surface area contributed by atoms with Gasteiger partial charge in [0.1, 0.15) is 9.84 Å². The van der Waals surface area contributed by atoms with E-state index in [0.717, 1.165) is 22.6 Å². The molecule has 0 spiro atoms. The lowest BCUT2D eigenvalue weighted by Crippen LogP contribution is -2.36. The summed E-state index contributed by atoms with van der Waals surface area (Å²) in [5.41, 5.74) is 6.44. The van der Waals surface area contributed by atoms with Crippen LogP contribution >= 0.6 is 0 Å². The Bertz CT molecular complexity index is 893. The average Bonchev–Trinajstić information content (AvgIpc) is 2.50. The van der Waals surface area contributed by atoms with Gasteiger partial charge in [0.2, 0.25) is 10.0 Å². The van der Waals surface area contributed by atoms with E-state index < -0.39 is 37.4 Å². The lowest BCUT2D eigenvalue weighted by Gasteiger charge is -2.18. The Hall–Kier alpha value is -1.48. The van der Waals surface area contributed by atoms with Crippen LogP contribution in [0.15, 0.2) is 42.5 Å². The monoisotopic (exact) mass is 356 g/mol. The van der Waals surface area contributed by atoms with Gasteiger partial charge in [-0.2, -0.15) is 0 Å². The minimum atomic E-state index is -3.74. The molecule has 0 saturated carbocycles. The standard InChI is InChI=1S/C15H20N2O4S2/c1-22(18,19)8-9-23(20,21)17-15(11-16)14-7-6-12-4-2-3-5-13(12)10-14/h2-7,10,15,17H,8-9,11,16H2,1H3. The van der Waals surface area contributed by atoms with E-state index in [0.29, 0.717) is 0 Å². The van der Waals surface area contributed by atoms with Gasteiger partial charge in [-0.1, -0.05) is 36.4 Å². The molecule has 0 fully saturated rings. The zero-order valence-corrected chi connectivity index (χ0v) is 14.4. The molecule has 0 aliphatic carbocycles. The molecule has 0 heterocycles. The number of fused-ring (bicyclic) bond motifs is 1. The molecule has 126 valence electrons. The number of nitrogens with one attached hydrogen (secondary N) is 1. The van der Waals surface area contributed by atoms with Crippen LogP contribution in [0.5, 0.6) is 0 Å². The number of benzene rings is 2. The van der Waals surface area contributed by atoms with Crippen molar-refractivity contribution >= 4 is 30.6 Å². The van der Waals surface area contributed by atoms with E-state index in [1.165, 1.54) is 0 Å². The first-order valence-electron chi connectivity index (χ1n) is 7.07. The number of hydrogen-bond acceptors (Lipinski definition) is 5. The summed E-state index contributed by atoms with van der Waals surface area (Å²) >= 11 is 0. The molecule has 0 amide bonds. The lowest BCUT2D eigenvalue weighted by atomic mass is 10.0. The van der Waals surface area contributed by atoms with Gasteiger partial charge in [0.05, 0.1) is 17.5 Å². The molecule has 0 radical (unpaired) electrons. The molecule has 2 aromatic rings. The highest BCUT2D eigenvalue weighted by Crippen LogP contribution is 2.20. The summed E-state index contributed by atoms with van der Waals surface area (Å²) in [6.07, 6.45) is 1.01. The van der Waals surface area contributed by atoms with Gasteiger partial charge < -0.3 is 5.73 Å². The van der Waals surface area contributed by atoms with Gasteiger partial charge >= 0.3 is 0 Å². The van der Waals surface area contributed by atoms with Crippen LogP contribution in [-0.4, -0.2) is 41.1 Å². The second-order valence-electron chi connectivity index (χ2n) is 5.46. The summed E-state index contributed by atoms with van der Waals surface area (Å²) in [6.45, 7) is 0.0798. The SMILES string of the molecule is CS(=O)(=O)CCS(=O)(=O)NC(CN)c1ccc2ccccc2c1. The summed E-state index contributed by atoms with van der Waals surface area (Å²) in [7, 11) is -7.08. The van der Waals surface area contributed by atoms with Gasteiger partial charge in [-0.15, -0.1) is 0 Å². The molecule has 6 nitrogen and oxygen atoms in total. The van der Waals surface area contributed by atoms with E-state index in [2.05, 4.69) is 4.72 Å². The zero-order chi connectivity index (χ0) is 17.1. The Morgan fingerprint density at radius 3 is 2.26 bits per heavy atom. The first-order valence-corrected chi connectivity index (χ1v) is 10.8. The summed E-state index contributed by atoms with van der Waals surface area (Å²) in [5.74, 6) is -0.896. The fourth-order valence-corrected chi connectivity index (χ4v) is 5.09. The van der Waals surface area contributed by atoms with Crippen molar-refractivity contribution in [1.29, 1.82) is 0 Å². The van der Waals surface area contributed by atoms with Crippen LogP contribution < -0.4 is 10.5 Å². The van der Waals surface area contributed by atoms with Crippen LogP contribution in [0.25, 0.3) is 10.8 Å². The molecule has 3 N–H and O–H groups in total. The van der Waals surface area contributed by atoms with E-state index in [4.69, 9.17) is 5.73 Å². The van der Waals surface area contributed by atoms with Crippen molar-refractivity contribution in [2.75, 3.05) is 24.3 Å². The second-order valence-corrected chi connectivity index (χ2v) is 9.59. The van der Waals surface area contributed by atoms with Crippen LogP contribution in [-0.2, 0) is 19.9 Å². The largest absolute Gasteiger partial charge is 0.329 e. The van der Waals surface area contributed by atoms with Crippen molar-refractivity contribution in [3.63, 3.8) is 0 Å². The van der Waals surface area contributed by atoms with Gasteiger partial charge in [0.25, 0.3) is 0 Å². The molecule has 1 unspecified atom stereocenters. The first-order chi connectivity index (χ1) is 10.7. The molecule has 0 bridgehead atoms. The van der Waals surface area contributed by atoms with Crippen LogP contribution in [0.3, 0.4) is 0 Å². The van der Waals surface area contributed by atoms with Crippen molar-refractivity contribution in [3.05, 3.63) is 48.0 Å². The molecular formula is C15H20N2O4S2. The highest BCUT2D eigenvalue weighted by atomic mass is 32.2. The third-order valence-electron chi connectivity index (χ3n) is 3.46. The predicted octanol–water partition coefficient (Wildman–Crippen LogP) is 0.804. The highest BCUT2D eigenvalue weighted by Gasteiger charge is 2.20. The van der Waals surface area contributed by atoms with Gasteiger partial charge in [0, 0.05) is 12.8 Å². The van der Waals surface area contributed by atoms with Gasteiger partial charge in [-0.3, -0.25) is 0 Å². The Labute approximate surface area is 136 Å². The third kappa shape index (κ3) is 5.28. The minimum Gasteiger partial charge on any atom is -0.329 e. The zero-order valence-electron chi connectivity index (χ0n) is 12.8. The molecule has 1 atom stereocenters.